The van der Waals surface area contributed by atoms with E-state index in [4.69, 9.17) is 4.84 Å². The topological polar surface area (TPSA) is 81.5 Å². The molecule has 1 aromatic heterocycles. The molecule has 0 atom stereocenters. The maximum atomic E-state index is 11.7. The van der Waals surface area contributed by atoms with Gasteiger partial charge in [0.2, 0.25) is 0 Å². The van der Waals surface area contributed by atoms with Crippen molar-refractivity contribution in [2.45, 2.75) is 12.8 Å². The number of hydrogen-bond acceptors (Lipinski definition) is 5. The lowest BCUT2D eigenvalue weighted by Gasteiger charge is -2.12. The number of aryl methyl sites for hydroxylation is 1. The first kappa shape index (κ1) is 12.0. The minimum Gasteiger partial charge on any atom is -0.323 e. The highest BCUT2D eigenvalue weighted by Crippen LogP contribution is 2.14. The molecule has 2 heterocycles. The van der Waals surface area contributed by atoms with Gasteiger partial charge in [-0.1, -0.05) is 0 Å². The van der Waals surface area contributed by atoms with E-state index in [1.807, 2.05) is 22.6 Å². The Morgan fingerprint density at radius 3 is 2.47 bits per heavy atom. The highest BCUT2D eigenvalue weighted by Gasteiger charge is 2.33. The van der Waals surface area contributed by atoms with Crippen LogP contribution in [0.1, 0.15) is 23.3 Å². The van der Waals surface area contributed by atoms with Crippen molar-refractivity contribution in [3.8, 4) is 0 Å². The third kappa shape index (κ3) is 2.30. The van der Waals surface area contributed by atoms with Gasteiger partial charge in [0.05, 0.1) is 0 Å². The number of carbonyl (C=O) groups excluding carboxylic acids is 3. The van der Waals surface area contributed by atoms with Crippen LogP contribution in [0.25, 0.3) is 0 Å². The minimum atomic E-state index is -0.772. The second-order valence-electron chi connectivity index (χ2n) is 3.44. The van der Waals surface area contributed by atoms with Crippen LogP contribution in [-0.2, 0) is 21.5 Å². The van der Waals surface area contributed by atoms with Crippen molar-refractivity contribution in [3.63, 3.8) is 0 Å². The molecule has 0 aromatic carbocycles. The van der Waals surface area contributed by atoms with Crippen molar-refractivity contribution in [3.05, 3.63) is 15.5 Å². The summed E-state index contributed by atoms with van der Waals surface area (Å²) in [4.78, 5) is 38.9. The number of hydrogen-bond donors (Lipinski definition) is 0. The zero-order chi connectivity index (χ0) is 12.6. The first-order chi connectivity index (χ1) is 7.99. The van der Waals surface area contributed by atoms with Gasteiger partial charge in [-0.25, -0.2) is 4.79 Å². The number of amides is 2. The smallest absolute Gasteiger partial charge is 0.323 e. The summed E-state index contributed by atoms with van der Waals surface area (Å²) in [6, 6.07) is 1.51. The lowest BCUT2D eigenvalue weighted by atomic mass is 10.4. The van der Waals surface area contributed by atoms with Gasteiger partial charge in [0.25, 0.3) is 11.8 Å². The molecule has 17 heavy (non-hydrogen) atoms. The Labute approximate surface area is 110 Å². The van der Waals surface area contributed by atoms with Crippen LogP contribution in [0, 0.1) is 3.70 Å². The molecule has 1 fully saturated rings. The number of nitrogens with zero attached hydrogens (tertiary/aromatic N) is 3. The summed E-state index contributed by atoms with van der Waals surface area (Å²) in [5.41, 5.74) is 0.182. The fourth-order valence-corrected chi connectivity index (χ4v) is 2.03. The van der Waals surface area contributed by atoms with E-state index in [0.29, 0.717) is 8.76 Å². The molecule has 0 aliphatic carbocycles. The number of halogens is 1. The molecule has 1 aliphatic rings. The highest BCUT2D eigenvalue weighted by molar-refractivity contribution is 14.1. The normalized spacial score (nSPS) is 15.5. The van der Waals surface area contributed by atoms with E-state index in [1.54, 1.807) is 7.05 Å². The first-order valence-corrected chi connectivity index (χ1v) is 5.84. The average molecular weight is 349 g/mol. The average Bonchev–Trinajstić information content (AvgIpc) is 2.74. The molecule has 7 nitrogen and oxygen atoms in total. The Kier molecular flexibility index (Phi) is 3.13. The van der Waals surface area contributed by atoms with E-state index in [0.717, 1.165) is 0 Å². The van der Waals surface area contributed by atoms with Crippen molar-refractivity contribution in [2.75, 3.05) is 0 Å². The van der Waals surface area contributed by atoms with E-state index in [1.165, 1.54) is 10.7 Å². The Balaban J connectivity index is 2.14. The lowest BCUT2D eigenvalue weighted by Crippen LogP contribution is -2.32. The first-order valence-electron chi connectivity index (χ1n) is 4.76. The predicted molar refractivity (Wildman–Crippen MR) is 62.4 cm³/mol. The summed E-state index contributed by atoms with van der Waals surface area (Å²) in [6.07, 6.45) is 0.157. The quantitative estimate of drug-likeness (QED) is 0.565. The summed E-state index contributed by atoms with van der Waals surface area (Å²) in [6.45, 7) is 0. The van der Waals surface area contributed by atoms with Crippen molar-refractivity contribution >= 4 is 40.4 Å². The van der Waals surface area contributed by atoms with Crippen molar-refractivity contribution < 1.29 is 19.2 Å². The van der Waals surface area contributed by atoms with E-state index in [2.05, 4.69) is 5.10 Å². The summed E-state index contributed by atoms with van der Waals surface area (Å²) in [5, 5.41) is 4.47. The molecular formula is C9H8IN3O4. The monoisotopic (exact) mass is 349 g/mol. The van der Waals surface area contributed by atoms with Crippen LogP contribution in [0.4, 0.5) is 0 Å². The molecule has 1 aromatic rings. The van der Waals surface area contributed by atoms with E-state index >= 15 is 0 Å². The predicted octanol–water partition coefficient (Wildman–Crippen LogP) is 0.246. The molecule has 1 aliphatic heterocycles. The van der Waals surface area contributed by atoms with Gasteiger partial charge < -0.3 is 4.84 Å². The van der Waals surface area contributed by atoms with Gasteiger partial charge in [0, 0.05) is 26.0 Å². The number of imide groups is 1. The van der Waals surface area contributed by atoms with E-state index < -0.39 is 17.8 Å². The fraction of sp³-hybridized carbons (Fsp3) is 0.333. The van der Waals surface area contributed by atoms with Gasteiger partial charge in [-0.3, -0.25) is 14.3 Å². The van der Waals surface area contributed by atoms with Crippen LogP contribution in [0.5, 0.6) is 0 Å². The number of hydroxylamine groups is 2. The second-order valence-corrected chi connectivity index (χ2v) is 4.54. The van der Waals surface area contributed by atoms with Gasteiger partial charge in [0.1, 0.15) is 9.39 Å². The second kappa shape index (κ2) is 4.43. The molecule has 0 bridgehead atoms. The molecule has 2 amide bonds. The van der Waals surface area contributed by atoms with Crippen molar-refractivity contribution in [2.24, 2.45) is 7.05 Å². The number of aromatic nitrogens is 2. The minimum absolute atomic E-state index is 0.0784. The summed E-state index contributed by atoms with van der Waals surface area (Å²) in [7, 11) is 1.58. The van der Waals surface area contributed by atoms with Gasteiger partial charge >= 0.3 is 5.97 Å². The van der Waals surface area contributed by atoms with Gasteiger partial charge in [-0.05, 0) is 22.6 Å². The molecular weight excluding hydrogens is 341 g/mol. The molecule has 2 rings (SSSR count). The molecule has 0 radical (unpaired) electrons. The third-order valence-electron chi connectivity index (χ3n) is 2.24. The molecule has 1 saturated heterocycles. The lowest BCUT2D eigenvalue weighted by molar-refractivity contribution is -0.172. The zero-order valence-corrected chi connectivity index (χ0v) is 11.0. The maximum absolute atomic E-state index is 11.7. The molecule has 0 N–H and O–H groups in total. The molecule has 0 spiro atoms. The van der Waals surface area contributed by atoms with Crippen molar-refractivity contribution in [1.29, 1.82) is 0 Å². The van der Waals surface area contributed by atoms with E-state index in [-0.39, 0.29) is 18.5 Å². The molecule has 0 unspecified atom stereocenters. The van der Waals surface area contributed by atoms with Crippen LogP contribution in [0.2, 0.25) is 0 Å². The van der Waals surface area contributed by atoms with Gasteiger partial charge in [0.15, 0.2) is 0 Å². The van der Waals surface area contributed by atoms with E-state index in [9.17, 15) is 14.4 Å². The number of carbonyl (C=O) groups is 3. The Hall–Kier alpha value is -1.45. The summed E-state index contributed by atoms with van der Waals surface area (Å²) >= 11 is 1.95. The summed E-state index contributed by atoms with van der Waals surface area (Å²) in [5.74, 6) is -1.77. The Morgan fingerprint density at radius 1 is 1.41 bits per heavy atom. The molecule has 0 saturated carbocycles. The Morgan fingerprint density at radius 2 is 2.00 bits per heavy atom. The number of rotatable bonds is 2. The third-order valence-corrected chi connectivity index (χ3v) is 2.77. The van der Waals surface area contributed by atoms with Crippen LogP contribution in [0.15, 0.2) is 6.07 Å². The maximum Gasteiger partial charge on any atom is 0.381 e. The van der Waals surface area contributed by atoms with Crippen molar-refractivity contribution in [1.82, 2.24) is 14.8 Å². The molecule has 90 valence electrons. The highest BCUT2D eigenvalue weighted by atomic mass is 127. The van der Waals surface area contributed by atoms with Crippen LogP contribution >= 0.6 is 22.6 Å². The van der Waals surface area contributed by atoms with Gasteiger partial charge in [-0.2, -0.15) is 5.10 Å². The van der Waals surface area contributed by atoms with Gasteiger partial charge in [-0.15, -0.1) is 5.06 Å². The summed E-state index contributed by atoms with van der Waals surface area (Å²) < 4.78 is 1.95. The standard InChI is InChI=1S/C9H8IN3O4/c1-12-5(4-6(10)11-12)9(16)17-13-7(14)2-3-8(13)15/h4H,2-3H2,1H3. The largest absolute Gasteiger partial charge is 0.381 e. The van der Waals surface area contributed by atoms with Crippen LogP contribution in [-0.4, -0.2) is 32.6 Å². The zero-order valence-electron chi connectivity index (χ0n) is 8.84. The fourth-order valence-electron chi connectivity index (χ4n) is 1.41. The van der Waals surface area contributed by atoms with Crippen LogP contribution in [0.3, 0.4) is 0 Å². The Bertz CT molecular complexity index is 494. The molecule has 8 heteroatoms. The van der Waals surface area contributed by atoms with Crippen LogP contribution < -0.4 is 0 Å². The SMILES string of the molecule is Cn1nc(I)cc1C(=O)ON1C(=O)CCC1=O.